The number of aromatic nitrogens is 3. The molecule has 4 heteroatoms. The lowest BCUT2D eigenvalue weighted by Gasteiger charge is -1.96. The van der Waals surface area contributed by atoms with Crippen molar-refractivity contribution in [3.63, 3.8) is 0 Å². The van der Waals surface area contributed by atoms with Crippen LogP contribution >= 0.6 is 0 Å². The molecule has 2 heterocycles. The van der Waals surface area contributed by atoms with Crippen molar-refractivity contribution in [3.8, 4) is 0 Å². The summed E-state index contributed by atoms with van der Waals surface area (Å²) in [5.74, 6) is 0.865. The van der Waals surface area contributed by atoms with E-state index in [0.717, 1.165) is 17.0 Å². The van der Waals surface area contributed by atoms with Gasteiger partial charge >= 0.3 is 0 Å². The second-order valence-electron chi connectivity index (χ2n) is 2.64. The molecule has 0 fully saturated rings. The zero-order valence-electron chi connectivity index (χ0n) is 6.86. The number of imidazole rings is 1. The van der Waals surface area contributed by atoms with E-state index < -0.39 is 0 Å². The number of rotatable bonds is 1. The molecule has 0 spiro atoms. The van der Waals surface area contributed by atoms with Crippen LogP contribution in [0.15, 0.2) is 18.3 Å². The summed E-state index contributed by atoms with van der Waals surface area (Å²) in [6, 6.07) is 3.87. The molecular formula is C8H10N4. The summed E-state index contributed by atoms with van der Waals surface area (Å²) in [4.78, 5) is 8.38. The fourth-order valence-corrected chi connectivity index (χ4v) is 1.26. The second-order valence-corrected chi connectivity index (χ2v) is 2.64. The number of aryl methyl sites for hydroxylation is 1. The summed E-state index contributed by atoms with van der Waals surface area (Å²) in [5, 5.41) is 0. The van der Waals surface area contributed by atoms with Gasteiger partial charge in [-0.1, -0.05) is 0 Å². The van der Waals surface area contributed by atoms with Crippen LogP contribution < -0.4 is 5.73 Å². The van der Waals surface area contributed by atoms with Crippen LogP contribution in [0.4, 0.5) is 0 Å². The van der Waals surface area contributed by atoms with Crippen LogP contribution in [-0.2, 0) is 13.6 Å². The predicted molar refractivity (Wildman–Crippen MR) is 46.4 cm³/mol. The summed E-state index contributed by atoms with van der Waals surface area (Å²) in [7, 11) is 1.94. The fraction of sp³-hybridized carbons (Fsp3) is 0.250. The summed E-state index contributed by atoms with van der Waals surface area (Å²) < 4.78 is 1.96. The molecule has 0 bridgehead atoms. The van der Waals surface area contributed by atoms with E-state index in [2.05, 4.69) is 9.97 Å². The Kier molecular flexibility index (Phi) is 1.55. The van der Waals surface area contributed by atoms with E-state index >= 15 is 0 Å². The number of hydrogen-bond donors (Lipinski definition) is 1. The van der Waals surface area contributed by atoms with Crippen molar-refractivity contribution in [1.29, 1.82) is 0 Å². The van der Waals surface area contributed by atoms with Crippen LogP contribution in [0, 0.1) is 0 Å². The van der Waals surface area contributed by atoms with Gasteiger partial charge in [0.15, 0.2) is 5.65 Å². The molecule has 0 amide bonds. The Morgan fingerprint density at radius 1 is 1.58 bits per heavy atom. The molecule has 0 radical (unpaired) electrons. The van der Waals surface area contributed by atoms with Gasteiger partial charge in [-0.3, -0.25) is 0 Å². The van der Waals surface area contributed by atoms with E-state index in [0.29, 0.717) is 6.54 Å². The van der Waals surface area contributed by atoms with E-state index in [9.17, 15) is 0 Å². The summed E-state index contributed by atoms with van der Waals surface area (Å²) in [6.07, 6.45) is 1.73. The maximum Gasteiger partial charge on any atom is 0.177 e. The van der Waals surface area contributed by atoms with Gasteiger partial charge in [-0.05, 0) is 12.1 Å². The van der Waals surface area contributed by atoms with Crippen molar-refractivity contribution in [2.45, 2.75) is 6.54 Å². The SMILES string of the molecule is Cn1c(CN)nc2ncccc21. The number of hydrogen-bond acceptors (Lipinski definition) is 3. The van der Waals surface area contributed by atoms with Gasteiger partial charge in [0.2, 0.25) is 0 Å². The molecule has 2 aromatic rings. The smallest absolute Gasteiger partial charge is 0.177 e. The topological polar surface area (TPSA) is 56.7 Å². The maximum absolute atomic E-state index is 5.50. The highest BCUT2D eigenvalue weighted by atomic mass is 15.1. The van der Waals surface area contributed by atoms with Gasteiger partial charge in [0.25, 0.3) is 0 Å². The Morgan fingerprint density at radius 2 is 2.42 bits per heavy atom. The van der Waals surface area contributed by atoms with E-state index in [1.54, 1.807) is 6.20 Å². The first kappa shape index (κ1) is 7.24. The Balaban J connectivity index is 2.78. The Hall–Kier alpha value is -1.42. The third-order valence-corrected chi connectivity index (χ3v) is 1.93. The lowest BCUT2D eigenvalue weighted by Crippen LogP contribution is -2.04. The highest BCUT2D eigenvalue weighted by Crippen LogP contribution is 2.10. The molecule has 0 saturated carbocycles. The minimum Gasteiger partial charge on any atom is -0.329 e. The molecule has 0 atom stereocenters. The van der Waals surface area contributed by atoms with Gasteiger partial charge in [-0.2, -0.15) is 0 Å². The minimum absolute atomic E-state index is 0.451. The predicted octanol–water partition coefficient (Wildman–Crippen LogP) is 0.427. The number of nitrogens with zero attached hydrogens (tertiary/aromatic N) is 3. The zero-order valence-corrected chi connectivity index (χ0v) is 6.86. The third-order valence-electron chi connectivity index (χ3n) is 1.93. The maximum atomic E-state index is 5.50. The molecule has 2 aromatic heterocycles. The molecule has 12 heavy (non-hydrogen) atoms. The van der Waals surface area contributed by atoms with Gasteiger partial charge in [-0.15, -0.1) is 0 Å². The number of nitrogens with two attached hydrogens (primary N) is 1. The van der Waals surface area contributed by atoms with Gasteiger partial charge in [0.05, 0.1) is 12.1 Å². The molecule has 0 aliphatic heterocycles. The number of pyridine rings is 1. The van der Waals surface area contributed by atoms with Crippen molar-refractivity contribution in [2.75, 3.05) is 0 Å². The normalized spacial score (nSPS) is 10.8. The van der Waals surface area contributed by atoms with Crippen molar-refractivity contribution >= 4 is 11.2 Å². The fourth-order valence-electron chi connectivity index (χ4n) is 1.26. The minimum atomic E-state index is 0.451. The average Bonchev–Trinajstić information content (AvgIpc) is 2.44. The van der Waals surface area contributed by atoms with E-state index in [1.165, 1.54) is 0 Å². The Bertz CT molecular complexity index is 404. The Morgan fingerprint density at radius 3 is 3.08 bits per heavy atom. The van der Waals surface area contributed by atoms with Gasteiger partial charge in [0, 0.05) is 13.2 Å². The van der Waals surface area contributed by atoms with Crippen molar-refractivity contribution in [1.82, 2.24) is 14.5 Å². The lowest BCUT2D eigenvalue weighted by atomic mass is 10.4. The number of fused-ring (bicyclic) bond motifs is 1. The van der Waals surface area contributed by atoms with Gasteiger partial charge < -0.3 is 10.3 Å². The first-order valence-corrected chi connectivity index (χ1v) is 3.79. The molecule has 0 saturated heterocycles. The first-order valence-electron chi connectivity index (χ1n) is 3.79. The van der Waals surface area contributed by atoms with Crippen LogP contribution in [0.1, 0.15) is 5.82 Å². The molecule has 2 rings (SSSR count). The molecular weight excluding hydrogens is 152 g/mol. The Labute approximate surface area is 70.0 Å². The second kappa shape index (κ2) is 2.57. The quantitative estimate of drug-likeness (QED) is 0.661. The van der Waals surface area contributed by atoms with E-state index in [4.69, 9.17) is 5.73 Å². The van der Waals surface area contributed by atoms with Crippen LogP contribution in [-0.4, -0.2) is 14.5 Å². The summed E-state index contributed by atoms with van der Waals surface area (Å²) in [6.45, 7) is 0.451. The van der Waals surface area contributed by atoms with Gasteiger partial charge in [-0.25, -0.2) is 9.97 Å². The van der Waals surface area contributed by atoms with Crippen LogP contribution in [0.5, 0.6) is 0 Å². The van der Waals surface area contributed by atoms with Crippen molar-refractivity contribution in [2.24, 2.45) is 12.8 Å². The molecule has 0 aliphatic rings. The molecule has 0 aliphatic carbocycles. The largest absolute Gasteiger partial charge is 0.329 e. The average molecular weight is 162 g/mol. The summed E-state index contributed by atoms with van der Waals surface area (Å²) >= 11 is 0. The molecule has 0 aromatic carbocycles. The molecule has 2 N–H and O–H groups in total. The van der Waals surface area contributed by atoms with Crippen LogP contribution in [0.2, 0.25) is 0 Å². The third kappa shape index (κ3) is 0.887. The molecule has 62 valence electrons. The zero-order chi connectivity index (χ0) is 8.55. The van der Waals surface area contributed by atoms with E-state index in [-0.39, 0.29) is 0 Å². The van der Waals surface area contributed by atoms with Gasteiger partial charge in [0.1, 0.15) is 5.82 Å². The van der Waals surface area contributed by atoms with Crippen molar-refractivity contribution < 1.29 is 0 Å². The first-order chi connectivity index (χ1) is 5.83. The summed E-state index contributed by atoms with van der Waals surface area (Å²) in [5.41, 5.74) is 7.29. The van der Waals surface area contributed by atoms with Crippen LogP contribution in [0.25, 0.3) is 11.2 Å². The monoisotopic (exact) mass is 162 g/mol. The highest BCUT2D eigenvalue weighted by molar-refractivity contribution is 5.70. The lowest BCUT2D eigenvalue weighted by molar-refractivity contribution is 0.812. The van der Waals surface area contributed by atoms with Crippen LogP contribution in [0.3, 0.4) is 0 Å². The molecule has 4 nitrogen and oxygen atoms in total. The highest BCUT2D eigenvalue weighted by Gasteiger charge is 2.04. The van der Waals surface area contributed by atoms with Crippen molar-refractivity contribution in [3.05, 3.63) is 24.2 Å². The molecule has 0 unspecified atom stereocenters. The van der Waals surface area contributed by atoms with E-state index in [1.807, 2.05) is 23.7 Å². The standard InChI is InChI=1S/C8H10N4/c1-12-6-3-2-4-10-8(6)11-7(12)5-9/h2-4H,5,9H2,1H3.